The van der Waals surface area contributed by atoms with E-state index in [1.807, 2.05) is 54.7 Å². The second-order valence-electron chi connectivity index (χ2n) is 5.31. The Bertz CT molecular complexity index is 732. The summed E-state index contributed by atoms with van der Waals surface area (Å²) in [5.74, 6) is 1.10. The van der Waals surface area contributed by atoms with Crippen LogP contribution in [0.3, 0.4) is 0 Å². The summed E-state index contributed by atoms with van der Waals surface area (Å²) >= 11 is 0. The molecule has 0 bridgehead atoms. The fourth-order valence-corrected chi connectivity index (χ4v) is 2.43. The lowest BCUT2D eigenvalue weighted by atomic mass is 10.1. The normalized spacial score (nSPS) is 10.5. The standard InChI is InChI=1S/C19H18N2O/c22-18(16-9-5-2-6-10-16)12-11-17-14-20-19(21-17)13-15-7-3-1-4-8-15/h1-10,14H,11-13H2,(H,20,21). The second kappa shape index (κ2) is 6.85. The number of H-pyrrole nitrogens is 1. The Morgan fingerprint density at radius 2 is 1.64 bits per heavy atom. The predicted molar refractivity (Wildman–Crippen MR) is 86.9 cm³/mol. The van der Waals surface area contributed by atoms with Crippen molar-refractivity contribution >= 4 is 5.78 Å². The lowest BCUT2D eigenvalue weighted by Gasteiger charge is -2.00. The summed E-state index contributed by atoms with van der Waals surface area (Å²) in [4.78, 5) is 19.8. The van der Waals surface area contributed by atoms with Gasteiger partial charge in [-0.1, -0.05) is 60.7 Å². The Labute approximate surface area is 130 Å². The monoisotopic (exact) mass is 290 g/mol. The Morgan fingerprint density at radius 1 is 0.955 bits per heavy atom. The maximum Gasteiger partial charge on any atom is 0.163 e. The molecule has 0 fully saturated rings. The van der Waals surface area contributed by atoms with Gasteiger partial charge in [0.15, 0.2) is 5.78 Å². The maximum absolute atomic E-state index is 12.1. The smallest absolute Gasteiger partial charge is 0.163 e. The summed E-state index contributed by atoms with van der Waals surface area (Å²) in [5, 5.41) is 0. The molecule has 3 nitrogen and oxygen atoms in total. The van der Waals surface area contributed by atoms with Gasteiger partial charge in [0.05, 0.1) is 0 Å². The van der Waals surface area contributed by atoms with E-state index in [-0.39, 0.29) is 5.78 Å². The molecule has 0 aliphatic carbocycles. The summed E-state index contributed by atoms with van der Waals surface area (Å²) in [6, 6.07) is 19.6. The fourth-order valence-electron chi connectivity index (χ4n) is 2.43. The van der Waals surface area contributed by atoms with Crippen LogP contribution in [0, 0.1) is 0 Å². The number of imidazole rings is 1. The number of rotatable bonds is 6. The van der Waals surface area contributed by atoms with Crippen molar-refractivity contribution in [2.75, 3.05) is 0 Å². The van der Waals surface area contributed by atoms with E-state index >= 15 is 0 Å². The number of nitrogens with zero attached hydrogens (tertiary/aromatic N) is 1. The third-order valence-electron chi connectivity index (χ3n) is 3.61. The largest absolute Gasteiger partial charge is 0.346 e. The van der Waals surface area contributed by atoms with Gasteiger partial charge in [0.25, 0.3) is 0 Å². The number of ketones is 1. The lowest BCUT2D eigenvalue weighted by molar-refractivity contribution is 0.0982. The Morgan fingerprint density at radius 3 is 2.36 bits per heavy atom. The van der Waals surface area contributed by atoms with Gasteiger partial charge >= 0.3 is 0 Å². The number of carbonyl (C=O) groups excluding carboxylic acids is 1. The first-order valence-corrected chi connectivity index (χ1v) is 7.46. The average molecular weight is 290 g/mol. The van der Waals surface area contributed by atoms with Crippen LogP contribution >= 0.6 is 0 Å². The molecule has 0 saturated heterocycles. The number of aromatic amines is 1. The van der Waals surface area contributed by atoms with Gasteiger partial charge in [-0.2, -0.15) is 0 Å². The van der Waals surface area contributed by atoms with Crippen LogP contribution in [0.25, 0.3) is 0 Å². The summed E-state index contributed by atoms with van der Waals surface area (Å²) < 4.78 is 0. The number of carbonyl (C=O) groups is 1. The molecule has 3 aromatic rings. The number of aromatic nitrogens is 2. The van der Waals surface area contributed by atoms with E-state index in [1.54, 1.807) is 0 Å². The Kier molecular flexibility index (Phi) is 4.44. The lowest BCUT2D eigenvalue weighted by Crippen LogP contribution is -2.01. The van der Waals surface area contributed by atoms with E-state index < -0.39 is 0 Å². The number of benzene rings is 2. The van der Waals surface area contributed by atoms with Crippen molar-refractivity contribution in [3.05, 3.63) is 89.5 Å². The highest BCUT2D eigenvalue weighted by Gasteiger charge is 2.07. The zero-order valence-electron chi connectivity index (χ0n) is 12.3. The third-order valence-corrected chi connectivity index (χ3v) is 3.61. The second-order valence-corrected chi connectivity index (χ2v) is 5.31. The first-order valence-electron chi connectivity index (χ1n) is 7.46. The van der Waals surface area contributed by atoms with Crippen LogP contribution < -0.4 is 0 Å². The zero-order valence-corrected chi connectivity index (χ0v) is 12.3. The molecular formula is C19H18N2O. The van der Waals surface area contributed by atoms with Crippen LogP contribution in [0.15, 0.2) is 66.9 Å². The van der Waals surface area contributed by atoms with Gasteiger partial charge < -0.3 is 4.98 Å². The summed E-state index contributed by atoms with van der Waals surface area (Å²) in [7, 11) is 0. The van der Waals surface area contributed by atoms with Crippen molar-refractivity contribution in [2.24, 2.45) is 0 Å². The number of nitrogens with one attached hydrogen (secondary N) is 1. The van der Waals surface area contributed by atoms with Gasteiger partial charge in [-0.25, -0.2) is 4.98 Å². The topological polar surface area (TPSA) is 45.8 Å². The molecule has 0 aliphatic heterocycles. The average Bonchev–Trinajstić information content (AvgIpc) is 3.02. The number of Topliss-reactive ketones (excluding diaryl/α,β-unsaturated/α-hetero) is 1. The van der Waals surface area contributed by atoms with Crippen LogP contribution in [0.1, 0.15) is 33.9 Å². The quantitative estimate of drug-likeness (QED) is 0.702. The summed E-state index contributed by atoms with van der Waals surface area (Å²) in [6.07, 6.45) is 3.80. The molecule has 1 N–H and O–H groups in total. The van der Waals surface area contributed by atoms with Gasteiger partial charge in [-0.05, 0) is 12.0 Å². The van der Waals surface area contributed by atoms with Gasteiger partial charge in [0.2, 0.25) is 0 Å². The fraction of sp³-hybridized carbons (Fsp3) is 0.158. The Balaban J connectivity index is 1.57. The molecular weight excluding hydrogens is 272 g/mol. The Hall–Kier alpha value is -2.68. The number of hydrogen-bond acceptors (Lipinski definition) is 2. The molecule has 0 saturated carbocycles. The van der Waals surface area contributed by atoms with Crippen LogP contribution in [0.5, 0.6) is 0 Å². The summed E-state index contributed by atoms with van der Waals surface area (Å²) in [5.41, 5.74) is 3.01. The van der Waals surface area contributed by atoms with Crippen LogP contribution in [-0.2, 0) is 12.8 Å². The van der Waals surface area contributed by atoms with Crippen molar-refractivity contribution in [1.82, 2.24) is 9.97 Å². The molecule has 0 aliphatic rings. The minimum atomic E-state index is 0.166. The molecule has 3 rings (SSSR count). The maximum atomic E-state index is 12.1. The van der Waals surface area contributed by atoms with Crippen molar-refractivity contribution in [3.8, 4) is 0 Å². The van der Waals surface area contributed by atoms with E-state index in [9.17, 15) is 4.79 Å². The number of hydrogen-bond donors (Lipinski definition) is 1. The van der Waals surface area contributed by atoms with Gasteiger partial charge in [-0.15, -0.1) is 0 Å². The molecule has 1 aromatic heterocycles. The zero-order chi connectivity index (χ0) is 15.2. The molecule has 0 spiro atoms. The highest BCUT2D eigenvalue weighted by atomic mass is 16.1. The minimum Gasteiger partial charge on any atom is -0.346 e. The van der Waals surface area contributed by atoms with E-state index in [0.29, 0.717) is 12.8 Å². The van der Waals surface area contributed by atoms with Gasteiger partial charge in [-0.3, -0.25) is 4.79 Å². The first kappa shape index (κ1) is 14.3. The van der Waals surface area contributed by atoms with Gasteiger partial charge in [0.1, 0.15) is 5.82 Å². The van der Waals surface area contributed by atoms with E-state index in [2.05, 4.69) is 22.1 Å². The van der Waals surface area contributed by atoms with E-state index in [0.717, 1.165) is 23.5 Å². The highest BCUT2D eigenvalue weighted by Crippen LogP contribution is 2.10. The van der Waals surface area contributed by atoms with E-state index in [4.69, 9.17) is 0 Å². The predicted octanol–water partition coefficient (Wildman–Crippen LogP) is 3.82. The number of aryl methyl sites for hydroxylation is 1. The molecule has 3 heteroatoms. The van der Waals surface area contributed by atoms with Crippen LogP contribution in [0.2, 0.25) is 0 Å². The molecule has 22 heavy (non-hydrogen) atoms. The van der Waals surface area contributed by atoms with Gasteiger partial charge in [0, 0.05) is 30.3 Å². The third kappa shape index (κ3) is 3.70. The molecule has 0 amide bonds. The molecule has 2 aromatic carbocycles. The molecule has 0 unspecified atom stereocenters. The van der Waals surface area contributed by atoms with E-state index in [1.165, 1.54) is 5.56 Å². The van der Waals surface area contributed by atoms with Crippen molar-refractivity contribution < 1.29 is 4.79 Å². The summed E-state index contributed by atoms with van der Waals surface area (Å²) in [6.45, 7) is 0. The molecule has 110 valence electrons. The van der Waals surface area contributed by atoms with Crippen molar-refractivity contribution in [1.29, 1.82) is 0 Å². The van der Waals surface area contributed by atoms with Crippen LogP contribution in [-0.4, -0.2) is 15.8 Å². The highest BCUT2D eigenvalue weighted by molar-refractivity contribution is 5.96. The van der Waals surface area contributed by atoms with Crippen molar-refractivity contribution in [3.63, 3.8) is 0 Å². The minimum absolute atomic E-state index is 0.166. The molecule has 0 atom stereocenters. The molecule has 1 heterocycles. The SMILES string of the molecule is O=C(CCc1cnc(Cc2ccccc2)[nH]1)c1ccccc1. The van der Waals surface area contributed by atoms with Crippen LogP contribution in [0.4, 0.5) is 0 Å². The molecule has 0 radical (unpaired) electrons. The first-order chi connectivity index (χ1) is 10.8. The van der Waals surface area contributed by atoms with Crippen molar-refractivity contribution in [2.45, 2.75) is 19.3 Å².